The zero-order chi connectivity index (χ0) is 20.8. The molecular weight excluding hydrogens is 368 g/mol. The molecule has 0 fully saturated rings. The predicted octanol–water partition coefficient (Wildman–Crippen LogP) is 2.23. The SMILES string of the molecule is C=N/C(=C(/C)N(C)CC(=O)Nc1ccc(-c2cnccn2)cn1)c1ccnn1C. The first-order valence-corrected chi connectivity index (χ1v) is 8.89. The summed E-state index contributed by atoms with van der Waals surface area (Å²) in [5.41, 5.74) is 3.85. The molecule has 0 bridgehead atoms. The molecule has 9 nitrogen and oxygen atoms in total. The Morgan fingerprint density at radius 1 is 1.21 bits per heavy atom. The van der Waals surface area contributed by atoms with Crippen LogP contribution in [0.4, 0.5) is 5.82 Å². The highest BCUT2D eigenvalue weighted by atomic mass is 16.2. The number of anilines is 1. The summed E-state index contributed by atoms with van der Waals surface area (Å²) in [4.78, 5) is 30.9. The van der Waals surface area contributed by atoms with Crippen LogP contribution in [0, 0.1) is 0 Å². The molecule has 3 aromatic rings. The quantitative estimate of drug-likeness (QED) is 0.621. The topological polar surface area (TPSA) is 101 Å². The number of aryl methyl sites for hydroxylation is 1. The second-order valence-electron chi connectivity index (χ2n) is 6.36. The number of aromatic nitrogens is 5. The first-order valence-electron chi connectivity index (χ1n) is 8.89. The molecule has 3 rings (SSSR count). The number of nitrogens with zero attached hydrogens (tertiary/aromatic N) is 7. The van der Waals surface area contributed by atoms with Crippen LogP contribution in [0.3, 0.4) is 0 Å². The van der Waals surface area contributed by atoms with Crippen LogP contribution < -0.4 is 5.32 Å². The minimum absolute atomic E-state index is 0.135. The number of hydrogen-bond donors (Lipinski definition) is 1. The molecule has 0 radical (unpaired) electrons. The van der Waals surface area contributed by atoms with Gasteiger partial charge in [0.05, 0.1) is 24.1 Å². The molecule has 0 spiro atoms. The van der Waals surface area contributed by atoms with Gasteiger partial charge < -0.3 is 10.2 Å². The van der Waals surface area contributed by atoms with E-state index in [1.165, 1.54) is 0 Å². The number of rotatable bonds is 7. The van der Waals surface area contributed by atoms with Gasteiger partial charge in [-0.1, -0.05) is 0 Å². The number of nitrogens with one attached hydrogen (secondary N) is 1. The highest BCUT2D eigenvalue weighted by molar-refractivity contribution is 5.91. The molecule has 1 amide bonds. The van der Waals surface area contributed by atoms with Crippen molar-refractivity contribution in [1.29, 1.82) is 0 Å². The molecule has 3 heterocycles. The van der Waals surface area contributed by atoms with Crippen molar-refractivity contribution in [2.45, 2.75) is 6.92 Å². The summed E-state index contributed by atoms with van der Waals surface area (Å²) in [6.07, 6.45) is 8.23. The van der Waals surface area contributed by atoms with Crippen LogP contribution in [0.25, 0.3) is 17.0 Å². The molecule has 3 aromatic heterocycles. The summed E-state index contributed by atoms with van der Waals surface area (Å²) in [5.74, 6) is 0.270. The van der Waals surface area contributed by atoms with Crippen molar-refractivity contribution in [2.24, 2.45) is 12.0 Å². The van der Waals surface area contributed by atoms with Gasteiger partial charge in [-0.3, -0.25) is 24.4 Å². The summed E-state index contributed by atoms with van der Waals surface area (Å²) in [6, 6.07) is 5.42. The van der Waals surface area contributed by atoms with Crippen molar-refractivity contribution < 1.29 is 4.79 Å². The summed E-state index contributed by atoms with van der Waals surface area (Å²) in [5, 5.41) is 6.95. The van der Waals surface area contributed by atoms with Crippen molar-refractivity contribution in [3.8, 4) is 11.3 Å². The lowest BCUT2D eigenvalue weighted by Crippen LogP contribution is -2.29. The fourth-order valence-corrected chi connectivity index (χ4v) is 2.75. The van der Waals surface area contributed by atoms with Crippen molar-refractivity contribution in [3.63, 3.8) is 0 Å². The number of likely N-dealkylation sites (N-methyl/N-ethyl adjacent to an activating group) is 1. The number of hydrogen-bond acceptors (Lipinski definition) is 7. The molecule has 0 atom stereocenters. The molecule has 0 aliphatic carbocycles. The fourth-order valence-electron chi connectivity index (χ4n) is 2.75. The Labute approximate surface area is 168 Å². The molecule has 0 aliphatic heterocycles. The van der Waals surface area contributed by atoms with Crippen LogP contribution in [-0.2, 0) is 11.8 Å². The summed E-state index contributed by atoms with van der Waals surface area (Å²) < 4.78 is 1.71. The number of amides is 1. The molecule has 9 heteroatoms. The van der Waals surface area contributed by atoms with E-state index < -0.39 is 0 Å². The molecule has 0 saturated carbocycles. The van der Waals surface area contributed by atoms with E-state index in [0.29, 0.717) is 11.5 Å². The lowest BCUT2D eigenvalue weighted by Gasteiger charge is -2.21. The van der Waals surface area contributed by atoms with E-state index in [1.54, 1.807) is 46.6 Å². The number of aliphatic imine (C=N–C) groups is 1. The average molecular weight is 390 g/mol. The lowest BCUT2D eigenvalue weighted by atomic mass is 10.2. The number of carbonyl (C=O) groups is 1. The van der Waals surface area contributed by atoms with Crippen LogP contribution in [0.15, 0.2) is 59.9 Å². The van der Waals surface area contributed by atoms with Gasteiger partial charge in [0.2, 0.25) is 5.91 Å². The maximum atomic E-state index is 12.4. The summed E-state index contributed by atoms with van der Waals surface area (Å²) >= 11 is 0. The van der Waals surface area contributed by atoms with Crippen molar-refractivity contribution >= 4 is 24.1 Å². The summed E-state index contributed by atoms with van der Waals surface area (Å²) in [7, 11) is 3.65. The van der Waals surface area contributed by atoms with Gasteiger partial charge in [-0.2, -0.15) is 5.10 Å². The van der Waals surface area contributed by atoms with Gasteiger partial charge in [-0.15, -0.1) is 0 Å². The van der Waals surface area contributed by atoms with Crippen molar-refractivity contribution in [1.82, 2.24) is 29.6 Å². The lowest BCUT2D eigenvalue weighted by molar-refractivity contribution is -0.116. The largest absolute Gasteiger partial charge is 0.367 e. The van der Waals surface area contributed by atoms with Gasteiger partial charge in [-0.05, 0) is 31.8 Å². The van der Waals surface area contributed by atoms with Crippen LogP contribution >= 0.6 is 0 Å². The Kier molecular flexibility index (Phi) is 6.08. The third-order valence-electron chi connectivity index (χ3n) is 4.41. The van der Waals surface area contributed by atoms with Crippen LogP contribution in [0.1, 0.15) is 12.6 Å². The van der Waals surface area contributed by atoms with Gasteiger partial charge in [-0.25, -0.2) is 4.98 Å². The molecule has 148 valence electrons. The molecule has 29 heavy (non-hydrogen) atoms. The van der Waals surface area contributed by atoms with Crippen LogP contribution in [0.2, 0.25) is 0 Å². The van der Waals surface area contributed by atoms with Gasteiger partial charge in [0.25, 0.3) is 0 Å². The fraction of sp³-hybridized carbons (Fsp3) is 0.200. The number of pyridine rings is 1. The monoisotopic (exact) mass is 390 g/mol. The van der Waals surface area contributed by atoms with E-state index in [4.69, 9.17) is 0 Å². The number of carbonyl (C=O) groups excluding carboxylic acids is 1. The first-order chi connectivity index (χ1) is 14.0. The third kappa shape index (κ3) is 4.70. The molecule has 0 aliphatic rings. The average Bonchev–Trinajstić information content (AvgIpc) is 3.15. The molecule has 0 saturated heterocycles. The summed E-state index contributed by atoms with van der Waals surface area (Å²) in [6.45, 7) is 5.67. The maximum absolute atomic E-state index is 12.4. The van der Waals surface area contributed by atoms with E-state index in [9.17, 15) is 4.79 Å². The maximum Gasteiger partial charge on any atom is 0.245 e. The Morgan fingerprint density at radius 2 is 2.03 bits per heavy atom. The second kappa shape index (κ2) is 8.87. The third-order valence-corrected chi connectivity index (χ3v) is 4.41. The molecule has 0 unspecified atom stereocenters. The van der Waals surface area contributed by atoms with Gasteiger partial charge >= 0.3 is 0 Å². The molecule has 0 aromatic carbocycles. The minimum atomic E-state index is -0.194. The van der Waals surface area contributed by atoms with E-state index >= 15 is 0 Å². The van der Waals surface area contributed by atoms with Crippen molar-refractivity contribution in [3.05, 3.63) is 60.6 Å². The normalized spacial score (nSPS) is 11.6. The number of allylic oxidation sites excluding steroid dienone is 1. The molecule has 1 N–H and O–H groups in total. The first kappa shape index (κ1) is 19.9. The van der Waals surface area contributed by atoms with E-state index in [0.717, 1.165) is 22.6 Å². The van der Waals surface area contributed by atoms with Crippen LogP contribution in [-0.4, -0.2) is 55.8 Å². The van der Waals surface area contributed by atoms with E-state index in [-0.39, 0.29) is 12.5 Å². The van der Waals surface area contributed by atoms with Gasteiger partial charge in [0.1, 0.15) is 11.5 Å². The standard InChI is InChI=1S/C20H22N8O/c1-14(20(21-2)17-7-8-25-28(17)4)27(3)13-19(29)26-18-6-5-15(11-24-18)16-12-22-9-10-23-16/h5-12H,2,13H2,1,3-4H3,(H,24,26,29)/b20-14-. The molecular formula is C20H22N8O. The minimum Gasteiger partial charge on any atom is -0.367 e. The van der Waals surface area contributed by atoms with E-state index in [1.807, 2.05) is 33.2 Å². The Balaban J connectivity index is 1.66. The zero-order valence-corrected chi connectivity index (χ0v) is 16.6. The zero-order valence-electron chi connectivity index (χ0n) is 16.6. The van der Waals surface area contributed by atoms with E-state index in [2.05, 4.69) is 37.1 Å². The Bertz CT molecular complexity index is 1020. The Hall–Kier alpha value is -3.88. The highest BCUT2D eigenvalue weighted by Crippen LogP contribution is 2.21. The Morgan fingerprint density at radius 3 is 2.62 bits per heavy atom. The second-order valence-corrected chi connectivity index (χ2v) is 6.36. The van der Waals surface area contributed by atoms with Gasteiger partial charge in [0, 0.05) is 50.1 Å². The van der Waals surface area contributed by atoms with Crippen LogP contribution in [0.5, 0.6) is 0 Å². The van der Waals surface area contributed by atoms with Crippen molar-refractivity contribution in [2.75, 3.05) is 18.9 Å². The highest BCUT2D eigenvalue weighted by Gasteiger charge is 2.14. The van der Waals surface area contributed by atoms with Gasteiger partial charge in [0.15, 0.2) is 0 Å². The smallest absolute Gasteiger partial charge is 0.245 e. The predicted molar refractivity (Wildman–Crippen MR) is 112 cm³/mol.